The molecule has 1 atom stereocenters. The highest BCUT2D eigenvalue weighted by molar-refractivity contribution is 8.00. The molecular weight excluding hydrogens is 577 g/mol. The van der Waals surface area contributed by atoms with E-state index in [-0.39, 0.29) is 22.3 Å². The molecule has 1 amide bonds. The van der Waals surface area contributed by atoms with Crippen molar-refractivity contribution in [2.75, 3.05) is 18.6 Å². The van der Waals surface area contributed by atoms with Gasteiger partial charge in [-0.15, -0.1) is 10.2 Å². The van der Waals surface area contributed by atoms with Crippen molar-refractivity contribution in [3.8, 4) is 11.5 Å². The summed E-state index contributed by atoms with van der Waals surface area (Å²) in [5, 5.41) is 20.2. The quantitative estimate of drug-likeness (QED) is 0.0747. The van der Waals surface area contributed by atoms with Gasteiger partial charge in [0.25, 0.3) is 5.78 Å². The number of aliphatic hydroxyl groups is 1. The van der Waals surface area contributed by atoms with E-state index in [1.807, 2.05) is 32.9 Å². The van der Waals surface area contributed by atoms with Crippen LogP contribution in [0, 0.1) is 19.7 Å². The van der Waals surface area contributed by atoms with Crippen molar-refractivity contribution in [1.82, 2.24) is 10.2 Å². The van der Waals surface area contributed by atoms with E-state index in [4.69, 9.17) is 9.47 Å². The van der Waals surface area contributed by atoms with Gasteiger partial charge in [-0.25, -0.2) is 4.39 Å². The normalized spacial score (nSPS) is 16.2. The number of benzene rings is 3. The lowest BCUT2D eigenvalue weighted by Gasteiger charge is -2.23. The van der Waals surface area contributed by atoms with Crippen LogP contribution in [0.5, 0.6) is 11.5 Å². The van der Waals surface area contributed by atoms with Gasteiger partial charge >= 0.3 is 5.91 Å². The molecule has 42 heavy (non-hydrogen) atoms. The van der Waals surface area contributed by atoms with Crippen molar-refractivity contribution in [3.05, 3.63) is 99.9 Å². The molecule has 216 valence electrons. The van der Waals surface area contributed by atoms with E-state index in [2.05, 4.69) is 10.2 Å². The summed E-state index contributed by atoms with van der Waals surface area (Å²) in [5.74, 6) is -1.08. The fraction of sp³-hybridized carbons (Fsp3) is 0.226. The van der Waals surface area contributed by atoms with Gasteiger partial charge in [-0.3, -0.25) is 14.5 Å². The number of ether oxygens (including phenoxy) is 2. The van der Waals surface area contributed by atoms with Crippen LogP contribution in [0.4, 0.5) is 9.52 Å². The molecule has 4 aromatic rings. The van der Waals surface area contributed by atoms with Crippen LogP contribution in [0.2, 0.25) is 0 Å². The number of methoxy groups -OCH3 is 1. The Morgan fingerprint density at radius 2 is 1.86 bits per heavy atom. The van der Waals surface area contributed by atoms with Crippen molar-refractivity contribution >= 4 is 45.7 Å². The largest absolute Gasteiger partial charge is 0.507 e. The maximum Gasteiger partial charge on any atom is 0.301 e. The molecule has 1 fully saturated rings. The second-order valence-corrected chi connectivity index (χ2v) is 11.7. The smallest absolute Gasteiger partial charge is 0.301 e. The Balaban J connectivity index is 1.61. The Kier molecular flexibility index (Phi) is 8.60. The standard InChI is InChI=1S/C31H28FN3O5S2/c1-5-40-23-13-12-19(15-24(23)39-4)26-25(27(36)21-14-17(2)10-11-18(21)3)28(37)29(38)35(26)30-33-34-31(42-30)41-16-20-8-6-7-9-22(20)32/h6-15,26,36H,5,16H2,1-4H3. The average Bonchev–Trinajstić information content (AvgIpc) is 3.55. The summed E-state index contributed by atoms with van der Waals surface area (Å²) in [5.41, 5.74) is 3.03. The number of Topliss-reactive ketones (excluding diaryl/α,β-unsaturated/α-hetero) is 1. The number of anilines is 1. The SMILES string of the molecule is CCOc1ccc(C2C(=C(O)c3cc(C)ccc3C)C(=O)C(=O)N2c2nnc(SCc3ccccc3F)s2)cc1OC. The summed E-state index contributed by atoms with van der Waals surface area (Å²) in [6.45, 7) is 5.97. The molecule has 0 spiro atoms. The van der Waals surface area contributed by atoms with Crippen LogP contribution < -0.4 is 14.4 Å². The lowest BCUT2D eigenvalue weighted by molar-refractivity contribution is -0.132. The number of halogens is 1. The van der Waals surface area contributed by atoms with E-state index in [9.17, 15) is 19.1 Å². The minimum absolute atomic E-state index is 0.0735. The fourth-order valence-electron chi connectivity index (χ4n) is 4.72. The van der Waals surface area contributed by atoms with Gasteiger partial charge < -0.3 is 14.6 Å². The fourth-order valence-corrected chi connectivity index (χ4v) is 6.58. The van der Waals surface area contributed by atoms with Gasteiger partial charge in [0, 0.05) is 11.3 Å². The first kappa shape index (κ1) is 29.3. The summed E-state index contributed by atoms with van der Waals surface area (Å²) >= 11 is 2.38. The maximum absolute atomic E-state index is 14.1. The molecule has 1 saturated heterocycles. The number of aryl methyl sites for hydroxylation is 2. The van der Waals surface area contributed by atoms with E-state index in [1.54, 1.807) is 42.5 Å². The van der Waals surface area contributed by atoms with Crippen molar-refractivity contribution in [2.45, 2.75) is 36.9 Å². The second-order valence-electron chi connectivity index (χ2n) is 9.56. The van der Waals surface area contributed by atoms with Gasteiger partial charge in [-0.2, -0.15) is 0 Å². The summed E-state index contributed by atoms with van der Waals surface area (Å²) < 4.78 is 25.8. The second kappa shape index (κ2) is 12.3. The lowest BCUT2D eigenvalue weighted by atomic mass is 9.93. The molecule has 3 aromatic carbocycles. The number of hydrogen-bond acceptors (Lipinski definition) is 9. The molecule has 1 N–H and O–H groups in total. The van der Waals surface area contributed by atoms with Gasteiger partial charge in [-0.1, -0.05) is 65.1 Å². The Morgan fingerprint density at radius 1 is 1.07 bits per heavy atom. The van der Waals surface area contributed by atoms with Crippen molar-refractivity contribution in [1.29, 1.82) is 0 Å². The number of rotatable bonds is 9. The Morgan fingerprint density at radius 3 is 2.60 bits per heavy atom. The van der Waals surface area contributed by atoms with Gasteiger partial charge in [0.1, 0.15) is 11.6 Å². The summed E-state index contributed by atoms with van der Waals surface area (Å²) in [6.07, 6.45) is 0. The molecule has 0 radical (unpaired) electrons. The van der Waals surface area contributed by atoms with E-state index in [1.165, 1.54) is 29.8 Å². The number of nitrogens with zero attached hydrogens (tertiary/aromatic N) is 3. The molecular formula is C31H28FN3O5S2. The summed E-state index contributed by atoms with van der Waals surface area (Å²) in [6, 6.07) is 16.1. The molecule has 0 aliphatic carbocycles. The number of aromatic nitrogens is 2. The molecule has 1 aliphatic heterocycles. The molecule has 8 nitrogen and oxygen atoms in total. The molecule has 0 bridgehead atoms. The number of carbonyl (C=O) groups excluding carboxylic acids is 2. The van der Waals surface area contributed by atoms with Crippen molar-refractivity contribution < 1.29 is 28.6 Å². The minimum Gasteiger partial charge on any atom is -0.507 e. The number of amides is 1. The number of aliphatic hydroxyl groups excluding tert-OH is 1. The molecule has 0 saturated carbocycles. The first-order valence-electron chi connectivity index (χ1n) is 13.1. The van der Waals surface area contributed by atoms with Crippen molar-refractivity contribution in [2.24, 2.45) is 0 Å². The first-order chi connectivity index (χ1) is 20.2. The number of carbonyl (C=O) groups is 2. The Labute approximate surface area is 250 Å². The van der Waals surface area contributed by atoms with Crippen LogP contribution >= 0.6 is 23.1 Å². The van der Waals surface area contributed by atoms with Gasteiger partial charge in [0.05, 0.1) is 25.3 Å². The number of ketones is 1. The highest BCUT2D eigenvalue weighted by atomic mass is 32.2. The molecule has 2 heterocycles. The Bertz CT molecular complexity index is 1700. The lowest BCUT2D eigenvalue weighted by Crippen LogP contribution is -2.29. The first-order valence-corrected chi connectivity index (χ1v) is 14.9. The van der Waals surface area contributed by atoms with Crippen molar-refractivity contribution in [3.63, 3.8) is 0 Å². The monoisotopic (exact) mass is 605 g/mol. The predicted octanol–water partition coefficient (Wildman–Crippen LogP) is 6.62. The van der Waals surface area contributed by atoms with Crippen LogP contribution in [0.3, 0.4) is 0 Å². The van der Waals surface area contributed by atoms with Gasteiger partial charge in [-0.05, 0) is 61.7 Å². The zero-order chi connectivity index (χ0) is 30.0. The highest BCUT2D eigenvalue weighted by Crippen LogP contribution is 2.46. The third kappa shape index (κ3) is 5.62. The van der Waals surface area contributed by atoms with E-state index < -0.39 is 17.7 Å². The molecule has 5 rings (SSSR count). The highest BCUT2D eigenvalue weighted by Gasteiger charge is 2.48. The zero-order valence-corrected chi connectivity index (χ0v) is 25.0. The van der Waals surface area contributed by atoms with Crippen LogP contribution in [0.25, 0.3) is 5.76 Å². The third-order valence-corrected chi connectivity index (χ3v) is 8.91. The van der Waals surface area contributed by atoms with Crippen LogP contribution in [-0.2, 0) is 15.3 Å². The Hall–Kier alpha value is -4.22. The van der Waals surface area contributed by atoms with Crippen LogP contribution in [-0.4, -0.2) is 40.7 Å². The summed E-state index contributed by atoms with van der Waals surface area (Å²) in [7, 11) is 1.50. The third-order valence-electron chi connectivity index (χ3n) is 6.81. The van der Waals surface area contributed by atoms with Gasteiger partial charge in [0.2, 0.25) is 5.13 Å². The van der Waals surface area contributed by atoms with E-state index in [0.29, 0.717) is 44.9 Å². The molecule has 1 aliphatic rings. The predicted molar refractivity (Wildman–Crippen MR) is 161 cm³/mol. The van der Waals surface area contributed by atoms with Gasteiger partial charge in [0.15, 0.2) is 15.8 Å². The number of hydrogen-bond donors (Lipinski definition) is 1. The molecule has 1 unspecified atom stereocenters. The summed E-state index contributed by atoms with van der Waals surface area (Å²) in [4.78, 5) is 28.5. The van der Waals surface area contributed by atoms with Crippen LogP contribution in [0.15, 0.2) is 70.6 Å². The molecule has 11 heteroatoms. The maximum atomic E-state index is 14.1. The zero-order valence-electron chi connectivity index (χ0n) is 23.4. The van der Waals surface area contributed by atoms with E-state index in [0.717, 1.165) is 22.5 Å². The molecule has 1 aromatic heterocycles. The topological polar surface area (TPSA) is 102 Å². The minimum atomic E-state index is -1.02. The van der Waals surface area contributed by atoms with E-state index >= 15 is 0 Å². The average molecular weight is 606 g/mol. The number of thioether (sulfide) groups is 1. The van der Waals surface area contributed by atoms with Crippen LogP contribution in [0.1, 0.15) is 40.8 Å².